The molecule has 0 fully saturated rings. The van der Waals surface area contributed by atoms with Gasteiger partial charge >= 0.3 is 0 Å². The fourth-order valence-corrected chi connectivity index (χ4v) is 4.06. The maximum Gasteiger partial charge on any atom is 0.0943 e. The van der Waals surface area contributed by atoms with Gasteiger partial charge in [0.25, 0.3) is 0 Å². The number of hydrogen-bond acceptors (Lipinski definition) is 4. The molecule has 0 radical (unpaired) electrons. The van der Waals surface area contributed by atoms with Gasteiger partial charge in [0.15, 0.2) is 0 Å². The summed E-state index contributed by atoms with van der Waals surface area (Å²) in [6.07, 6.45) is 1.84. The Labute approximate surface area is 136 Å². The van der Waals surface area contributed by atoms with Crippen LogP contribution < -0.4 is 0 Å². The lowest BCUT2D eigenvalue weighted by molar-refractivity contribution is 1.08. The molecule has 0 saturated heterocycles. The molecule has 0 unspecified atom stereocenters. The van der Waals surface area contributed by atoms with Gasteiger partial charge in [-0.25, -0.2) is 0 Å². The van der Waals surface area contributed by atoms with Crippen LogP contribution >= 0.6 is 11.3 Å². The first-order chi connectivity index (χ1) is 11.4. The molecule has 4 heteroatoms. The Kier molecular flexibility index (Phi) is 2.66. The molecule has 5 rings (SSSR count). The van der Waals surface area contributed by atoms with Gasteiger partial charge in [0.1, 0.15) is 0 Å². The molecular weight excluding hydrogens is 302 g/mol. The highest BCUT2D eigenvalue weighted by molar-refractivity contribution is 7.25. The molecule has 0 atom stereocenters. The first-order valence-corrected chi connectivity index (χ1v) is 8.21. The van der Waals surface area contributed by atoms with Crippen molar-refractivity contribution in [1.29, 1.82) is 0 Å². The van der Waals surface area contributed by atoms with Crippen molar-refractivity contribution in [2.75, 3.05) is 0 Å². The van der Waals surface area contributed by atoms with Crippen LogP contribution in [0.5, 0.6) is 0 Å². The molecule has 5 aromatic rings. The zero-order valence-electron chi connectivity index (χ0n) is 12.1. The van der Waals surface area contributed by atoms with Crippen molar-refractivity contribution in [2.24, 2.45) is 0 Å². The summed E-state index contributed by atoms with van der Waals surface area (Å²) in [7, 11) is 0. The lowest BCUT2D eigenvalue weighted by atomic mass is 10.0. The lowest BCUT2D eigenvalue weighted by Gasteiger charge is -2.04. The van der Waals surface area contributed by atoms with E-state index in [1.165, 1.54) is 9.40 Å². The topological polar surface area (TPSA) is 38.7 Å². The molecule has 23 heavy (non-hydrogen) atoms. The predicted molar refractivity (Wildman–Crippen MR) is 95.7 cm³/mol. The molecule has 3 heterocycles. The van der Waals surface area contributed by atoms with Crippen molar-refractivity contribution in [3.63, 3.8) is 0 Å². The lowest BCUT2D eigenvalue weighted by Crippen LogP contribution is -1.89. The van der Waals surface area contributed by atoms with Gasteiger partial charge in [0.2, 0.25) is 0 Å². The summed E-state index contributed by atoms with van der Waals surface area (Å²) in [5, 5.41) is 11.1. The molecule has 0 N–H and O–H groups in total. The number of nitrogens with zero attached hydrogens (tertiary/aromatic N) is 3. The van der Waals surface area contributed by atoms with Gasteiger partial charge in [-0.15, -0.1) is 21.5 Å². The predicted octanol–water partition coefficient (Wildman–Crippen LogP) is 5.06. The van der Waals surface area contributed by atoms with E-state index in [0.29, 0.717) is 0 Å². The number of fused-ring (bicyclic) bond motifs is 4. The molecule has 3 aromatic heterocycles. The van der Waals surface area contributed by atoms with Crippen LogP contribution in [0.4, 0.5) is 0 Å². The highest BCUT2D eigenvalue weighted by atomic mass is 32.1. The summed E-state index contributed by atoms with van der Waals surface area (Å²) >= 11 is 1.76. The molecule has 108 valence electrons. The maximum atomic E-state index is 4.58. The van der Waals surface area contributed by atoms with Crippen molar-refractivity contribution in [3.8, 4) is 11.3 Å². The summed E-state index contributed by atoms with van der Waals surface area (Å²) in [5.41, 5.74) is 3.93. The van der Waals surface area contributed by atoms with E-state index in [4.69, 9.17) is 0 Å². The average Bonchev–Trinajstić information content (AvgIpc) is 3.00. The first kappa shape index (κ1) is 12.7. The second-order valence-electron chi connectivity index (χ2n) is 5.42. The van der Waals surface area contributed by atoms with Crippen molar-refractivity contribution >= 4 is 42.5 Å². The molecule has 0 aliphatic carbocycles. The van der Waals surface area contributed by atoms with Crippen LogP contribution in [0.2, 0.25) is 0 Å². The summed E-state index contributed by atoms with van der Waals surface area (Å²) < 4.78 is 2.43. The summed E-state index contributed by atoms with van der Waals surface area (Å²) in [6, 6.07) is 20.6. The van der Waals surface area contributed by atoms with E-state index in [1.807, 2.05) is 30.5 Å². The molecule has 0 aliphatic heterocycles. The molecule has 0 saturated carbocycles. The average molecular weight is 313 g/mol. The first-order valence-electron chi connectivity index (χ1n) is 7.39. The summed E-state index contributed by atoms with van der Waals surface area (Å²) in [6.45, 7) is 0. The highest BCUT2D eigenvalue weighted by Crippen LogP contribution is 2.38. The van der Waals surface area contributed by atoms with Crippen LogP contribution in [-0.2, 0) is 0 Å². The van der Waals surface area contributed by atoms with Crippen LogP contribution in [0.1, 0.15) is 0 Å². The highest BCUT2D eigenvalue weighted by Gasteiger charge is 2.13. The third kappa shape index (κ3) is 1.92. The van der Waals surface area contributed by atoms with E-state index in [1.54, 1.807) is 11.3 Å². The minimum absolute atomic E-state index is 0.889. The largest absolute Gasteiger partial charge is 0.255 e. The van der Waals surface area contributed by atoms with Gasteiger partial charge in [-0.3, -0.25) is 4.98 Å². The van der Waals surface area contributed by atoms with Gasteiger partial charge in [0, 0.05) is 27.2 Å². The monoisotopic (exact) mass is 313 g/mol. The fourth-order valence-electron chi connectivity index (χ4n) is 2.97. The SMILES string of the molecule is c1ccc2nnc(-c3cccc4sc5cccnc5c34)cc2c1. The molecule has 2 aromatic carbocycles. The zero-order chi connectivity index (χ0) is 15.2. The Morgan fingerprint density at radius 2 is 1.70 bits per heavy atom. The zero-order valence-corrected chi connectivity index (χ0v) is 12.9. The summed E-state index contributed by atoms with van der Waals surface area (Å²) in [4.78, 5) is 4.58. The Balaban J connectivity index is 1.87. The molecule has 0 bridgehead atoms. The molecule has 3 nitrogen and oxygen atoms in total. The summed E-state index contributed by atoms with van der Waals surface area (Å²) in [5.74, 6) is 0. The van der Waals surface area contributed by atoms with Crippen LogP contribution in [0.15, 0.2) is 66.9 Å². The van der Waals surface area contributed by atoms with Crippen LogP contribution in [0.25, 0.3) is 42.5 Å². The van der Waals surface area contributed by atoms with Crippen LogP contribution in [-0.4, -0.2) is 15.2 Å². The Morgan fingerprint density at radius 3 is 2.70 bits per heavy atom. The van der Waals surface area contributed by atoms with E-state index in [-0.39, 0.29) is 0 Å². The third-order valence-corrected chi connectivity index (χ3v) is 5.13. The van der Waals surface area contributed by atoms with Crippen molar-refractivity contribution in [1.82, 2.24) is 15.2 Å². The normalized spacial score (nSPS) is 11.5. The van der Waals surface area contributed by atoms with Crippen LogP contribution in [0, 0.1) is 0 Å². The van der Waals surface area contributed by atoms with E-state index >= 15 is 0 Å². The molecule has 0 amide bonds. The third-order valence-electron chi connectivity index (χ3n) is 4.02. The Bertz CT molecular complexity index is 1180. The molecule has 0 spiro atoms. The maximum absolute atomic E-state index is 4.58. The second-order valence-corrected chi connectivity index (χ2v) is 6.50. The van der Waals surface area contributed by atoms with E-state index in [0.717, 1.165) is 33.1 Å². The van der Waals surface area contributed by atoms with Crippen molar-refractivity contribution in [3.05, 3.63) is 66.9 Å². The fraction of sp³-hybridized carbons (Fsp3) is 0. The van der Waals surface area contributed by atoms with E-state index < -0.39 is 0 Å². The smallest absolute Gasteiger partial charge is 0.0943 e. The number of hydrogen-bond donors (Lipinski definition) is 0. The van der Waals surface area contributed by atoms with Gasteiger partial charge in [-0.05, 0) is 30.3 Å². The second kappa shape index (κ2) is 4.83. The molecular formula is C19H11N3S. The standard InChI is InChI=1S/C19H11N3S/c1-2-7-14-12(5-1)11-15(22-21-14)13-6-3-8-16-18(13)19-17(23-16)9-4-10-20-19/h1-11H. The van der Waals surface area contributed by atoms with E-state index in [9.17, 15) is 0 Å². The minimum atomic E-state index is 0.889. The quantitative estimate of drug-likeness (QED) is 0.434. The van der Waals surface area contributed by atoms with E-state index in [2.05, 4.69) is 51.6 Å². The Morgan fingerprint density at radius 1 is 0.783 bits per heavy atom. The minimum Gasteiger partial charge on any atom is -0.255 e. The number of pyridine rings is 1. The van der Waals surface area contributed by atoms with Crippen molar-refractivity contribution < 1.29 is 0 Å². The molecule has 0 aliphatic rings. The van der Waals surface area contributed by atoms with Gasteiger partial charge < -0.3 is 0 Å². The van der Waals surface area contributed by atoms with Gasteiger partial charge in [-0.1, -0.05) is 30.3 Å². The number of aromatic nitrogens is 3. The van der Waals surface area contributed by atoms with Crippen LogP contribution in [0.3, 0.4) is 0 Å². The number of thiophene rings is 1. The number of benzene rings is 2. The van der Waals surface area contributed by atoms with Crippen molar-refractivity contribution in [2.45, 2.75) is 0 Å². The number of rotatable bonds is 1. The van der Waals surface area contributed by atoms with Gasteiger partial charge in [-0.2, -0.15) is 0 Å². The Hall–Kier alpha value is -2.85. The van der Waals surface area contributed by atoms with Gasteiger partial charge in [0.05, 0.1) is 21.4 Å².